The third-order valence-electron chi connectivity index (χ3n) is 4.58. The molecule has 132 valence electrons. The number of phenols is 1. The number of benzene rings is 3. The summed E-state index contributed by atoms with van der Waals surface area (Å²) >= 11 is 0. The van der Waals surface area contributed by atoms with Crippen molar-refractivity contribution in [1.82, 2.24) is 0 Å². The molecule has 0 saturated carbocycles. The van der Waals surface area contributed by atoms with Gasteiger partial charge in [-0.15, -0.1) is 0 Å². The standard InChI is InChI=1S/C20H15FO4S/c1-13-6-8-14(9-7-13)20(15-10-11-18(22)17(21)12-15)16-4-2-3-5-19(16)26(23,24)25-20/h2-12,22H,1H3. The highest BCUT2D eigenvalue weighted by molar-refractivity contribution is 7.87. The summed E-state index contributed by atoms with van der Waals surface area (Å²) in [5.41, 5.74) is 0.730. The van der Waals surface area contributed by atoms with Gasteiger partial charge in [0, 0.05) is 5.56 Å². The number of halogens is 1. The molecule has 1 aliphatic heterocycles. The molecule has 1 aliphatic rings. The number of rotatable bonds is 2. The van der Waals surface area contributed by atoms with Crippen molar-refractivity contribution in [3.8, 4) is 5.75 Å². The van der Waals surface area contributed by atoms with E-state index in [4.69, 9.17) is 4.18 Å². The Labute approximate surface area is 150 Å². The molecule has 0 aromatic heterocycles. The van der Waals surface area contributed by atoms with Crippen molar-refractivity contribution in [2.45, 2.75) is 17.4 Å². The van der Waals surface area contributed by atoms with Crippen LogP contribution in [-0.2, 0) is 19.9 Å². The molecule has 3 aromatic rings. The average Bonchev–Trinajstić information content (AvgIpc) is 2.87. The van der Waals surface area contributed by atoms with E-state index in [9.17, 15) is 17.9 Å². The molecule has 1 N–H and O–H groups in total. The third kappa shape index (κ3) is 2.34. The first kappa shape index (κ1) is 16.8. The second kappa shape index (κ2) is 5.65. The van der Waals surface area contributed by atoms with E-state index in [-0.39, 0.29) is 10.5 Å². The molecule has 0 aliphatic carbocycles. The first-order valence-corrected chi connectivity index (χ1v) is 9.37. The lowest BCUT2D eigenvalue weighted by Gasteiger charge is -2.29. The third-order valence-corrected chi connectivity index (χ3v) is 5.95. The van der Waals surface area contributed by atoms with Crippen LogP contribution in [0.5, 0.6) is 5.75 Å². The lowest BCUT2D eigenvalue weighted by atomic mass is 9.80. The van der Waals surface area contributed by atoms with Gasteiger partial charge in [0.05, 0.1) is 0 Å². The van der Waals surface area contributed by atoms with Gasteiger partial charge in [-0.25, -0.2) is 8.57 Å². The number of aryl methyl sites for hydroxylation is 1. The smallest absolute Gasteiger partial charge is 0.298 e. The Bertz CT molecular complexity index is 1110. The summed E-state index contributed by atoms with van der Waals surface area (Å²) in [5, 5.41) is 9.54. The maximum Gasteiger partial charge on any atom is 0.298 e. The van der Waals surface area contributed by atoms with Crippen LogP contribution in [0.4, 0.5) is 4.39 Å². The van der Waals surface area contributed by atoms with E-state index in [1.165, 1.54) is 18.2 Å². The van der Waals surface area contributed by atoms with E-state index in [1.807, 2.05) is 19.1 Å². The van der Waals surface area contributed by atoms with Crippen LogP contribution in [0.2, 0.25) is 0 Å². The zero-order valence-electron chi connectivity index (χ0n) is 13.8. The predicted octanol–water partition coefficient (Wildman–Crippen LogP) is 3.85. The second-order valence-electron chi connectivity index (χ2n) is 6.25. The quantitative estimate of drug-likeness (QED) is 0.696. The van der Waals surface area contributed by atoms with Crippen molar-refractivity contribution in [2.75, 3.05) is 0 Å². The largest absolute Gasteiger partial charge is 0.505 e. The van der Waals surface area contributed by atoms with Crippen LogP contribution in [0, 0.1) is 12.7 Å². The highest BCUT2D eigenvalue weighted by atomic mass is 32.2. The molecular formula is C20H15FO4S. The summed E-state index contributed by atoms with van der Waals surface area (Å²) in [7, 11) is -4.03. The molecule has 26 heavy (non-hydrogen) atoms. The summed E-state index contributed by atoms with van der Waals surface area (Å²) < 4.78 is 45.1. The Morgan fingerprint density at radius 2 is 1.62 bits per heavy atom. The van der Waals surface area contributed by atoms with Gasteiger partial charge in [-0.1, -0.05) is 54.1 Å². The fourth-order valence-corrected chi connectivity index (χ4v) is 4.75. The van der Waals surface area contributed by atoms with Crippen LogP contribution < -0.4 is 0 Å². The number of fused-ring (bicyclic) bond motifs is 1. The summed E-state index contributed by atoms with van der Waals surface area (Å²) in [6, 6.07) is 17.4. The Kier molecular flexibility index (Phi) is 3.64. The molecular weight excluding hydrogens is 355 g/mol. The summed E-state index contributed by atoms with van der Waals surface area (Å²) in [4.78, 5) is 0.0501. The number of phenolic OH excluding ortho intramolecular Hbond substituents is 1. The van der Waals surface area contributed by atoms with Crippen molar-refractivity contribution in [3.05, 3.63) is 94.8 Å². The highest BCUT2D eigenvalue weighted by Crippen LogP contribution is 2.50. The number of aromatic hydroxyl groups is 1. The number of hydrogen-bond acceptors (Lipinski definition) is 4. The molecule has 4 nitrogen and oxygen atoms in total. The maximum atomic E-state index is 14.1. The van der Waals surface area contributed by atoms with Crippen LogP contribution in [0.3, 0.4) is 0 Å². The van der Waals surface area contributed by atoms with Crippen molar-refractivity contribution < 1.29 is 22.1 Å². The van der Waals surface area contributed by atoms with E-state index in [2.05, 4.69) is 0 Å². The Hall–Kier alpha value is -2.70. The van der Waals surface area contributed by atoms with Gasteiger partial charge in [-0.3, -0.25) is 0 Å². The van der Waals surface area contributed by atoms with E-state index >= 15 is 0 Å². The minimum absolute atomic E-state index is 0.0501. The van der Waals surface area contributed by atoms with Crippen LogP contribution in [0.15, 0.2) is 71.6 Å². The van der Waals surface area contributed by atoms with Crippen LogP contribution in [0.25, 0.3) is 0 Å². The minimum atomic E-state index is -4.03. The molecule has 6 heteroatoms. The Morgan fingerprint density at radius 1 is 0.962 bits per heavy atom. The molecule has 1 heterocycles. The fraction of sp³-hybridized carbons (Fsp3) is 0.100. The van der Waals surface area contributed by atoms with Crippen molar-refractivity contribution in [3.63, 3.8) is 0 Å². The zero-order valence-corrected chi connectivity index (χ0v) is 14.6. The summed E-state index contributed by atoms with van der Waals surface area (Å²) in [6.45, 7) is 1.91. The van der Waals surface area contributed by atoms with Crippen LogP contribution in [-0.4, -0.2) is 13.5 Å². The van der Waals surface area contributed by atoms with Gasteiger partial charge in [0.1, 0.15) is 4.90 Å². The molecule has 0 radical (unpaired) electrons. The van der Waals surface area contributed by atoms with Gasteiger partial charge >= 0.3 is 0 Å². The van der Waals surface area contributed by atoms with Gasteiger partial charge in [-0.05, 0) is 36.2 Å². The van der Waals surface area contributed by atoms with Crippen molar-refractivity contribution >= 4 is 10.1 Å². The van der Waals surface area contributed by atoms with Crippen molar-refractivity contribution in [1.29, 1.82) is 0 Å². The lowest BCUT2D eigenvalue weighted by molar-refractivity contribution is 0.179. The molecule has 0 saturated heterocycles. The normalized spacial score (nSPS) is 20.7. The van der Waals surface area contributed by atoms with Crippen LogP contribution in [0.1, 0.15) is 22.3 Å². The first-order chi connectivity index (χ1) is 12.3. The average molecular weight is 370 g/mol. The fourth-order valence-electron chi connectivity index (χ4n) is 3.32. The van der Waals surface area contributed by atoms with Gasteiger partial charge in [0.25, 0.3) is 10.1 Å². The summed E-state index contributed by atoms with van der Waals surface area (Å²) in [5.74, 6) is -1.36. The minimum Gasteiger partial charge on any atom is -0.505 e. The number of hydrogen-bond donors (Lipinski definition) is 1. The molecule has 0 spiro atoms. The summed E-state index contributed by atoms with van der Waals surface area (Å²) in [6.07, 6.45) is 0. The molecule has 1 unspecified atom stereocenters. The molecule has 0 amide bonds. The van der Waals surface area contributed by atoms with Gasteiger partial charge in [0.2, 0.25) is 0 Å². The predicted molar refractivity (Wildman–Crippen MR) is 93.8 cm³/mol. The highest BCUT2D eigenvalue weighted by Gasteiger charge is 2.51. The van der Waals surface area contributed by atoms with Gasteiger partial charge in [0.15, 0.2) is 17.2 Å². The van der Waals surface area contributed by atoms with E-state index in [0.29, 0.717) is 11.1 Å². The topological polar surface area (TPSA) is 63.6 Å². The Balaban J connectivity index is 2.10. The van der Waals surface area contributed by atoms with E-state index < -0.39 is 27.3 Å². The molecule has 3 aromatic carbocycles. The molecule has 0 bridgehead atoms. The van der Waals surface area contributed by atoms with E-state index in [0.717, 1.165) is 11.6 Å². The lowest BCUT2D eigenvalue weighted by Crippen LogP contribution is -2.29. The molecule has 0 fully saturated rings. The second-order valence-corrected chi connectivity index (χ2v) is 7.76. The maximum absolute atomic E-state index is 14.1. The zero-order chi connectivity index (χ0) is 18.5. The van der Waals surface area contributed by atoms with Crippen molar-refractivity contribution in [2.24, 2.45) is 0 Å². The monoisotopic (exact) mass is 370 g/mol. The van der Waals surface area contributed by atoms with Crippen LogP contribution >= 0.6 is 0 Å². The SMILES string of the molecule is Cc1ccc(C2(c3ccc(O)c(F)c3)OS(=O)(=O)c3ccccc32)cc1. The van der Waals surface area contributed by atoms with Gasteiger partial charge in [-0.2, -0.15) is 8.42 Å². The first-order valence-electron chi connectivity index (χ1n) is 7.96. The van der Waals surface area contributed by atoms with E-state index in [1.54, 1.807) is 30.3 Å². The molecule has 1 atom stereocenters. The Morgan fingerprint density at radius 3 is 2.31 bits per heavy atom. The molecule has 4 rings (SSSR count). The van der Waals surface area contributed by atoms with Gasteiger partial charge < -0.3 is 5.11 Å².